The SMILES string of the molecule is CCCCOc1ccc(C2CCC(CCCC)CC2)nn1. The Morgan fingerprint density at radius 2 is 1.76 bits per heavy atom. The van der Waals surface area contributed by atoms with Gasteiger partial charge in [-0.1, -0.05) is 39.5 Å². The predicted octanol–water partition coefficient (Wildman–Crippen LogP) is 5.12. The quantitative estimate of drug-likeness (QED) is 0.623. The second-order valence-electron chi connectivity index (χ2n) is 6.36. The van der Waals surface area contributed by atoms with Crippen LogP contribution in [0.15, 0.2) is 12.1 Å². The molecule has 1 saturated carbocycles. The van der Waals surface area contributed by atoms with Crippen molar-refractivity contribution in [1.29, 1.82) is 0 Å². The number of unbranched alkanes of at least 4 members (excludes halogenated alkanes) is 2. The number of hydrogen-bond donors (Lipinski definition) is 0. The average molecular weight is 290 g/mol. The van der Waals surface area contributed by atoms with Gasteiger partial charge in [-0.15, -0.1) is 5.10 Å². The maximum atomic E-state index is 5.58. The Bertz CT molecular complexity index is 383. The third-order valence-corrected chi connectivity index (χ3v) is 4.64. The highest BCUT2D eigenvalue weighted by atomic mass is 16.5. The van der Waals surface area contributed by atoms with Gasteiger partial charge in [0.1, 0.15) is 0 Å². The third-order valence-electron chi connectivity index (χ3n) is 4.64. The van der Waals surface area contributed by atoms with E-state index >= 15 is 0 Å². The van der Waals surface area contributed by atoms with Gasteiger partial charge in [-0.2, -0.15) is 5.10 Å². The molecule has 3 nitrogen and oxygen atoms in total. The molecule has 21 heavy (non-hydrogen) atoms. The maximum absolute atomic E-state index is 5.58. The molecule has 0 aromatic carbocycles. The van der Waals surface area contributed by atoms with E-state index in [1.54, 1.807) is 0 Å². The summed E-state index contributed by atoms with van der Waals surface area (Å²) in [7, 11) is 0. The van der Waals surface area contributed by atoms with Crippen LogP contribution in [-0.4, -0.2) is 16.8 Å². The summed E-state index contributed by atoms with van der Waals surface area (Å²) in [6, 6.07) is 4.10. The summed E-state index contributed by atoms with van der Waals surface area (Å²) in [5, 5.41) is 8.62. The Morgan fingerprint density at radius 1 is 1.00 bits per heavy atom. The van der Waals surface area contributed by atoms with Gasteiger partial charge in [0.05, 0.1) is 12.3 Å². The van der Waals surface area contributed by atoms with Crippen LogP contribution >= 0.6 is 0 Å². The molecule has 2 rings (SSSR count). The normalized spacial score (nSPS) is 22.2. The lowest BCUT2D eigenvalue weighted by Gasteiger charge is -2.27. The van der Waals surface area contributed by atoms with Crippen LogP contribution in [0.2, 0.25) is 0 Å². The lowest BCUT2D eigenvalue weighted by Crippen LogP contribution is -2.14. The van der Waals surface area contributed by atoms with E-state index in [2.05, 4.69) is 30.1 Å². The molecular formula is C18H30N2O. The lowest BCUT2D eigenvalue weighted by atomic mass is 9.78. The highest BCUT2D eigenvalue weighted by molar-refractivity contribution is 5.15. The highest BCUT2D eigenvalue weighted by Crippen LogP contribution is 2.36. The van der Waals surface area contributed by atoms with Crippen LogP contribution in [0, 0.1) is 5.92 Å². The molecule has 1 heterocycles. The molecule has 0 bridgehead atoms. The molecule has 0 saturated heterocycles. The summed E-state index contributed by atoms with van der Waals surface area (Å²) in [6.07, 6.45) is 11.6. The Hall–Kier alpha value is -1.12. The van der Waals surface area contributed by atoms with Gasteiger partial charge < -0.3 is 4.74 Å². The molecule has 0 spiro atoms. The molecule has 3 heteroatoms. The molecule has 1 aromatic rings. The Kier molecular flexibility index (Phi) is 6.98. The van der Waals surface area contributed by atoms with E-state index in [-0.39, 0.29) is 0 Å². The molecule has 0 radical (unpaired) electrons. The van der Waals surface area contributed by atoms with Crippen LogP contribution in [0.1, 0.15) is 83.2 Å². The monoisotopic (exact) mass is 290 g/mol. The number of nitrogens with zero attached hydrogens (tertiary/aromatic N) is 2. The molecule has 1 aliphatic carbocycles. The molecule has 1 aromatic heterocycles. The summed E-state index contributed by atoms with van der Waals surface area (Å²) in [6.45, 7) is 5.19. The second kappa shape index (κ2) is 9.01. The maximum Gasteiger partial charge on any atom is 0.233 e. The van der Waals surface area contributed by atoms with Gasteiger partial charge in [-0.05, 0) is 44.1 Å². The first-order chi connectivity index (χ1) is 10.3. The fourth-order valence-electron chi connectivity index (χ4n) is 3.19. The molecule has 0 unspecified atom stereocenters. The molecule has 1 aliphatic rings. The van der Waals surface area contributed by atoms with Crippen molar-refractivity contribution < 1.29 is 4.74 Å². The van der Waals surface area contributed by atoms with E-state index in [4.69, 9.17) is 4.74 Å². The van der Waals surface area contributed by atoms with Crippen LogP contribution in [0.5, 0.6) is 5.88 Å². The molecule has 0 aliphatic heterocycles. The molecule has 118 valence electrons. The lowest BCUT2D eigenvalue weighted by molar-refractivity contribution is 0.288. The topological polar surface area (TPSA) is 35.0 Å². The van der Waals surface area contributed by atoms with E-state index < -0.39 is 0 Å². The predicted molar refractivity (Wildman–Crippen MR) is 86.7 cm³/mol. The number of aromatic nitrogens is 2. The molecular weight excluding hydrogens is 260 g/mol. The van der Waals surface area contributed by atoms with Crippen LogP contribution in [0.4, 0.5) is 0 Å². The largest absolute Gasteiger partial charge is 0.477 e. The van der Waals surface area contributed by atoms with Crippen molar-refractivity contribution in [2.75, 3.05) is 6.61 Å². The fourth-order valence-corrected chi connectivity index (χ4v) is 3.19. The zero-order valence-electron chi connectivity index (χ0n) is 13.7. The van der Waals surface area contributed by atoms with Crippen molar-refractivity contribution >= 4 is 0 Å². The Labute approximate surface area is 129 Å². The number of hydrogen-bond acceptors (Lipinski definition) is 3. The van der Waals surface area contributed by atoms with Gasteiger partial charge in [-0.25, -0.2) is 0 Å². The fraction of sp³-hybridized carbons (Fsp3) is 0.778. The minimum Gasteiger partial charge on any atom is -0.477 e. The summed E-state index contributed by atoms with van der Waals surface area (Å²) >= 11 is 0. The first-order valence-electron chi connectivity index (χ1n) is 8.79. The number of ether oxygens (including phenoxy) is 1. The van der Waals surface area contributed by atoms with Gasteiger partial charge in [0.15, 0.2) is 0 Å². The van der Waals surface area contributed by atoms with E-state index in [1.807, 2.05) is 6.07 Å². The van der Waals surface area contributed by atoms with Crippen molar-refractivity contribution in [1.82, 2.24) is 10.2 Å². The zero-order valence-corrected chi connectivity index (χ0v) is 13.7. The summed E-state index contributed by atoms with van der Waals surface area (Å²) in [5.74, 6) is 2.23. The van der Waals surface area contributed by atoms with Crippen molar-refractivity contribution in [3.05, 3.63) is 17.8 Å². The smallest absolute Gasteiger partial charge is 0.233 e. The van der Waals surface area contributed by atoms with E-state index in [1.165, 1.54) is 44.9 Å². The molecule has 1 fully saturated rings. The standard InChI is InChI=1S/C18H30N2O/c1-3-5-7-15-8-10-16(11-9-15)17-12-13-18(20-19-17)21-14-6-4-2/h12-13,15-16H,3-11,14H2,1-2H3. The van der Waals surface area contributed by atoms with E-state index in [0.717, 1.165) is 31.1 Å². The Balaban J connectivity index is 1.78. The van der Waals surface area contributed by atoms with Gasteiger partial charge >= 0.3 is 0 Å². The van der Waals surface area contributed by atoms with Crippen LogP contribution < -0.4 is 4.74 Å². The number of rotatable bonds is 8. The highest BCUT2D eigenvalue weighted by Gasteiger charge is 2.23. The summed E-state index contributed by atoms with van der Waals surface area (Å²) < 4.78 is 5.58. The van der Waals surface area contributed by atoms with Crippen molar-refractivity contribution in [2.24, 2.45) is 5.92 Å². The van der Waals surface area contributed by atoms with Crippen molar-refractivity contribution in [3.8, 4) is 5.88 Å². The molecule has 0 amide bonds. The first kappa shape index (κ1) is 16.3. The van der Waals surface area contributed by atoms with Crippen LogP contribution in [0.3, 0.4) is 0 Å². The minimum atomic E-state index is 0.611. The van der Waals surface area contributed by atoms with Gasteiger partial charge in [0.25, 0.3) is 0 Å². The van der Waals surface area contributed by atoms with Gasteiger partial charge in [0.2, 0.25) is 5.88 Å². The summed E-state index contributed by atoms with van der Waals surface area (Å²) in [4.78, 5) is 0. The average Bonchev–Trinajstić information content (AvgIpc) is 2.54. The van der Waals surface area contributed by atoms with E-state index in [9.17, 15) is 0 Å². The van der Waals surface area contributed by atoms with Crippen LogP contribution in [0.25, 0.3) is 0 Å². The van der Waals surface area contributed by atoms with Gasteiger partial charge in [-0.3, -0.25) is 0 Å². The minimum absolute atomic E-state index is 0.611. The first-order valence-corrected chi connectivity index (χ1v) is 8.79. The van der Waals surface area contributed by atoms with Gasteiger partial charge in [0, 0.05) is 12.0 Å². The second-order valence-corrected chi connectivity index (χ2v) is 6.36. The van der Waals surface area contributed by atoms with Crippen molar-refractivity contribution in [3.63, 3.8) is 0 Å². The molecule has 0 atom stereocenters. The molecule has 0 N–H and O–H groups in total. The third kappa shape index (κ3) is 5.29. The zero-order chi connectivity index (χ0) is 14.9. The van der Waals surface area contributed by atoms with Crippen LogP contribution in [-0.2, 0) is 0 Å². The van der Waals surface area contributed by atoms with Crippen molar-refractivity contribution in [2.45, 2.75) is 77.6 Å². The Morgan fingerprint density at radius 3 is 2.38 bits per heavy atom. The van der Waals surface area contributed by atoms with E-state index in [0.29, 0.717) is 11.8 Å². The summed E-state index contributed by atoms with van der Waals surface area (Å²) in [5.41, 5.74) is 1.16.